The molecule has 4 nitrogen and oxygen atoms in total. The molecule has 2 aliphatic heterocycles. The van der Waals surface area contributed by atoms with Gasteiger partial charge < -0.3 is 10.0 Å². The lowest BCUT2D eigenvalue weighted by Crippen LogP contribution is -2.49. The Bertz CT molecular complexity index is 314. The summed E-state index contributed by atoms with van der Waals surface area (Å²) in [5.74, 6) is 0.230. The van der Waals surface area contributed by atoms with E-state index in [1.807, 2.05) is 4.90 Å². The van der Waals surface area contributed by atoms with E-state index in [4.69, 9.17) is 5.11 Å². The molecule has 0 aromatic rings. The van der Waals surface area contributed by atoms with Gasteiger partial charge in [0.25, 0.3) is 0 Å². The third kappa shape index (κ3) is 2.69. The number of piperidine rings is 1. The van der Waals surface area contributed by atoms with Crippen molar-refractivity contribution < 1.29 is 9.90 Å². The van der Waals surface area contributed by atoms with Crippen LogP contribution in [0.15, 0.2) is 0 Å². The van der Waals surface area contributed by atoms with Gasteiger partial charge in [-0.1, -0.05) is 0 Å². The van der Waals surface area contributed by atoms with Crippen LogP contribution in [0, 0.1) is 5.41 Å². The number of aliphatic hydroxyl groups excluding tert-OH is 1. The third-order valence-electron chi connectivity index (χ3n) is 4.55. The average molecular weight is 254 g/mol. The normalized spacial score (nSPS) is 25.1. The van der Waals surface area contributed by atoms with Crippen molar-refractivity contribution in [3.8, 4) is 0 Å². The third-order valence-corrected chi connectivity index (χ3v) is 4.55. The molecule has 0 aliphatic carbocycles. The first kappa shape index (κ1) is 13.8. The van der Waals surface area contributed by atoms with Gasteiger partial charge >= 0.3 is 0 Å². The maximum Gasteiger partial charge on any atom is 0.223 e. The van der Waals surface area contributed by atoms with Gasteiger partial charge in [-0.05, 0) is 52.1 Å². The van der Waals surface area contributed by atoms with Crippen LogP contribution in [0.3, 0.4) is 0 Å². The standard InChI is InChI=1S/C14H26N2O2/c1-13(2,3)16-6-4-14(5-7-16)10-12(18)15(11-14)8-9-17/h17H,4-11H2,1-3H3. The first-order valence-corrected chi connectivity index (χ1v) is 7.00. The summed E-state index contributed by atoms with van der Waals surface area (Å²) in [5.41, 5.74) is 0.420. The van der Waals surface area contributed by atoms with Crippen molar-refractivity contribution in [1.82, 2.24) is 9.80 Å². The molecule has 0 aromatic carbocycles. The summed E-state index contributed by atoms with van der Waals surface area (Å²) >= 11 is 0. The number of amides is 1. The second kappa shape index (κ2) is 4.82. The van der Waals surface area contributed by atoms with E-state index in [1.54, 1.807) is 0 Å². The molecule has 0 atom stereocenters. The van der Waals surface area contributed by atoms with E-state index in [9.17, 15) is 4.79 Å². The molecule has 0 unspecified atom stereocenters. The van der Waals surface area contributed by atoms with Crippen LogP contribution in [0.5, 0.6) is 0 Å². The molecule has 2 aliphatic rings. The molecule has 1 N–H and O–H groups in total. The van der Waals surface area contributed by atoms with E-state index in [0.717, 1.165) is 32.5 Å². The van der Waals surface area contributed by atoms with Crippen LogP contribution >= 0.6 is 0 Å². The van der Waals surface area contributed by atoms with Crippen molar-refractivity contribution in [2.45, 2.75) is 45.6 Å². The van der Waals surface area contributed by atoms with E-state index >= 15 is 0 Å². The van der Waals surface area contributed by atoms with Crippen LogP contribution in [-0.2, 0) is 4.79 Å². The molecule has 4 heteroatoms. The van der Waals surface area contributed by atoms with Crippen molar-refractivity contribution in [2.24, 2.45) is 5.41 Å². The maximum atomic E-state index is 11.9. The van der Waals surface area contributed by atoms with Crippen molar-refractivity contribution in [1.29, 1.82) is 0 Å². The summed E-state index contributed by atoms with van der Waals surface area (Å²) < 4.78 is 0. The van der Waals surface area contributed by atoms with Gasteiger partial charge in [-0.3, -0.25) is 9.69 Å². The molecular weight excluding hydrogens is 228 g/mol. The number of hydrogen-bond donors (Lipinski definition) is 1. The SMILES string of the molecule is CC(C)(C)N1CCC2(CC1)CC(=O)N(CCO)C2. The Balaban J connectivity index is 1.95. The summed E-state index contributed by atoms with van der Waals surface area (Å²) in [6.07, 6.45) is 2.90. The van der Waals surface area contributed by atoms with Crippen molar-refractivity contribution >= 4 is 5.91 Å². The molecule has 2 heterocycles. The largest absolute Gasteiger partial charge is 0.395 e. The average Bonchev–Trinajstić information content (AvgIpc) is 2.55. The molecule has 104 valence electrons. The van der Waals surface area contributed by atoms with Crippen LogP contribution in [0.25, 0.3) is 0 Å². The van der Waals surface area contributed by atoms with Gasteiger partial charge in [0.05, 0.1) is 6.61 Å². The topological polar surface area (TPSA) is 43.8 Å². The van der Waals surface area contributed by atoms with Crippen LogP contribution in [0.1, 0.15) is 40.0 Å². The zero-order valence-electron chi connectivity index (χ0n) is 11.9. The second-order valence-corrected chi connectivity index (χ2v) is 6.87. The molecule has 2 saturated heterocycles. The minimum atomic E-state index is 0.0793. The fraction of sp³-hybridized carbons (Fsp3) is 0.929. The number of carbonyl (C=O) groups is 1. The van der Waals surface area contributed by atoms with Gasteiger partial charge in [-0.25, -0.2) is 0 Å². The summed E-state index contributed by atoms with van der Waals surface area (Å²) in [6, 6.07) is 0. The number of carbonyl (C=O) groups excluding carboxylic acids is 1. The minimum Gasteiger partial charge on any atom is -0.395 e. The van der Waals surface area contributed by atoms with Gasteiger partial charge in [0.1, 0.15) is 0 Å². The zero-order valence-corrected chi connectivity index (χ0v) is 11.9. The van der Waals surface area contributed by atoms with E-state index in [-0.39, 0.29) is 23.5 Å². The Labute approximate surface area is 110 Å². The molecule has 2 rings (SSSR count). The highest BCUT2D eigenvalue weighted by Crippen LogP contribution is 2.42. The van der Waals surface area contributed by atoms with Crippen molar-refractivity contribution in [3.63, 3.8) is 0 Å². The van der Waals surface area contributed by atoms with Crippen molar-refractivity contribution in [3.05, 3.63) is 0 Å². The Morgan fingerprint density at radius 2 is 1.89 bits per heavy atom. The summed E-state index contributed by atoms with van der Waals surface area (Å²) in [5, 5.41) is 8.98. The number of β-amino-alcohol motifs (C(OH)–C–C–N with tert-alkyl or cyclic N) is 1. The van der Waals surface area contributed by atoms with Crippen LogP contribution in [-0.4, -0.2) is 59.1 Å². The number of rotatable bonds is 2. The molecule has 0 radical (unpaired) electrons. The summed E-state index contributed by atoms with van der Waals surface area (Å²) in [6.45, 7) is 10.4. The zero-order chi connectivity index (χ0) is 13.4. The monoisotopic (exact) mass is 254 g/mol. The number of hydrogen-bond acceptors (Lipinski definition) is 3. The Kier molecular flexibility index (Phi) is 3.70. The highest BCUT2D eigenvalue weighted by atomic mass is 16.3. The molecule has 1 amide bonds. The fourth-order valence-corrected chi connectivity index (χ4v) is 3.29. The molecular formula is C14H26N2O2. The van der Waals surface area contributed by atoms with E-state index in [2.05, 4.69) is 25.7 Å². The van der Waals surface area contributed by atoms with Gasteiger partial charge in [-0.15, -0.1) is 0 Å². The summed E-state index contributed by atoms with van der Waals surface area (Å²) in [7, 11) is 0. The van der Waals surface area contributed by atoms with E-state index < -0.39 is 0 Å². The Hall–Kier alpha value is -0.610. The van der Waals surface area contributed by atoms with Gasteiger partial charge in [-0.2, -0.15) is 0 Å². The molecule has 0 saturated carbocycles. The molecule has 0 aromatic heterocycles. The van der Waals surface area contributed by atoms with Crippen LogP contribution in [0.4, 0.5) is 0 Å². The van der Waals surface area contributed by atoms with Gasteiger partial charge in [0.2, 0.25) is 5.91 Å². The molecule has 2 fully saturated rings. The van der Waals surface area contributed by atoms with Gasteiger partial charge in [0, 0.05) is 25.0 Å². The van der Waals surface area contributed by atoms with Crippen LogP contribution in [0.2, 0.25) is 0 Å². The van der Waals surface area contributed by atoms with Gasteiger partial charge in [0.15, 0.2) is 0 Å². The first-order valence-electron chi connectivity index (χ1n) is 7.00. The maximum absolute atomic E-state index is 11.9. The first-order chi connectivity index (χ1) is 8.36. The van der Waals surface area contributed by atoms with E-state index in [1.165, 1.54) is 0 Å². The lowest BCUT2D eigenvalue weighted by molar-refractivity contribution is -0.128. The van der Waals surface area contributed by atoms with E-state index in [0.29, 0.717) is 13.0 Å². The van der Waals surface area contributed by atoms with Crippen LogP contribution < -0.4 is 0 Å². The second-order valence-electron chi connectivity index (χ2n) is 6.87. The predicted molar refractivity (Wildman–Crippen MR) is 71.3 cm³/mol. The molecule has 1 spiro atoms. The predicted octanol–water partition coefficient (Wildman–Crippen LogP) is 1.09. The molecule has 0 bridgehead atoms. The number of likely N-dealkylation sites (tertiary alicyclic amines) is 2. The Morgan fingerprint density at radius 3 is 2.39 bits per heavy atom. The smallest absolute Gasteiger partial charge is 0.223 e. The minimum absolute atomic E-state index is 0.0793. The molecule has 18 heavy (non-hydrogen) atoms. The lowest BCUT2D eigenvalue weighted by Gasteiger charge is -2.44. The fourth-order valence-electron chi connectivity index (χ4n) is 3.29. The highest BCUT2D eigenvalue weighted by Gasteiger charge is 2.45. The summed E-state index contributed by atoms with van der Waals surface area (Å²) in [4.78, 5) is 16.3. The number of nitrogens with zero attached hydrogens (tertiary/aromatic N) is 2. The Morgan fingerprint density at radius 1 is 1.28 bits per heavy atom. The quantitative estimate of drug-likeness (QED) is 0.802. The number of aliphatic hydroxyl groups is 1. The highest BCUT2D eigenvalue weighted by molar-refractivity contribution is 5.79. The van der Waals surface area contributed by atoms with Crippen molar-refractivity contribution in [2.75, 3.05) is 32.8 Å². The lowest BCUT2D eigenvalue weighted by atomic mass is 9.77.